The van der Waals surface area contributed by atoms with E-state index in [1.54, 1.807) is 7.11 Å². The van der Waals surface area contributed by atoms with E-state index in [2.05, 4.69) is 45.0 Å². The molecule has 0 saturated carbocycles. The van der Waals surface area contributed by atoms with Crippen LogP contribution in [0.4, 0.5) is 5.69 Å². The number of rotatable bonds is 5. The third kappa shape index (κ3) is 4.45. The van der Waals surface area contributed by atoms with Crippen molar-refractivity contribution in [3.8, 4) is 5.75 Å². The summed E-state index contributed by atoms with van der Waals surface area (Å²) >= 11 is 6.33. The standard InChI is InChI=1S/C23H30ClN3O/c1-28-23-9-5-4-8-22(23)27-16-14-26(15-17-27)20-10-12-25(13-11-20)18-19-6-2-3-7-21(19)24/h2-9,20H,10-18H2,1H3. The monoisotopic (exact) mass is 399 g/mol. The molecule has 0 aromatic heterocycles. The van der Waals surface area contributed by atoms with Gasteiger partial charge in [0, 0.05) is 43.8 Å². The Hall–Kier alpha value is -1.75. The predicted molar refractivity (Wildman–Crippen MR) is 117 cm³/mol. The maximum Gasteiger partial charge on any atom is 0.142 e. The number of nitrogens with zero attached hydrogens (tertiary/aromatic N) is 3. The summed E-state index contributed by atoms with van der Waals surface area (Å²) in [5, 5.41) is 0.886. The second kappa shape index (κ2) is 9.17. The van der Waals surface area contributed by atoms with E-state index in [1.807, 2.05) is 18.2 Å². The molecule has 150 valence electrons. The Bertz CT molecular complexity index is 768. The summed E-state index contributed by atoms with van der Waals surface area (Å²) in [6.45, 7) is 7.68. The molecule has 5 heteroatoms. The first-order chi connectivity index (χ1) is 13.7. The normalized spacial score (nSPS) is 19.7. The Morgan fingerprint density at radius 2 is 1.57 bits per heavy atom. The van der Waals surface area contributed by atoms with Crippen molar-refractivity contribution in [3.63, 3.8) is 0 Å². The number of hydrogen-bond acceptors (Lipinski definition) is 4. The number of halogens is 1. The highest BCUT2D eigenvalue weighted by Crippen LogP contribution is 2.29. The number of piperidine rings is 1. The molecule has 0 unspecified atom stereocenters. The van der Waals surface area contributed by atoms with E-state index >= 15 is 0 Å². The molecular formula is C23H30ClN3O. The van der Waals surface area contributed by atoms with Crippen molar-refractivity contribution >= 4 is 17.3 Å². The van der Waals surface area contributed by atoms with Crippen LogP contribution < -0.4 is 9.64 Å². The second-order valence-electron chi connectivity index (χ2n) is 7.79. The molecule has 2 aliphatic heterocycles. The van der Waals surface area contributed by atoms with Gasteiger partial charge in [0.2, 0.25) is 0 Å². The lowest BCUT2D eigenvalue weighted by molar-refractivity contribution is 0.0997. The van der Waals surface area contributed by atoms with Crippen molar-refractivity contribution in [2.24, 2.45) is 0 Å². The number of benzene rings is 2. The molecule has 2 aromatic rings. The quantitative estimate of drug-likeness (QED) is 0.752. The largest absolute Gasteiger partial charge is 0.495 e. The van der Waals surface area contributed by atoms with Crippen molar-refractivity contribution in [2.45, 2.75) is 25.4 Å². The minimum atomic E-state index is 0.710. The molecule has 2 fully saturated rings. The number of para-hydroxylation sites is 2. The Balaban J connectivity index is 1.27. The van der Waals surface area contributed by atoms with Crippen LogP contribution in [0.5, 0.6) is 5.75 Å². The molecule has 2 saturated heterocycles. The van der Waals surface area contributed by atoms with Gasteiger partial charge >= 0.3 is 0 Å². The topological polar surface area (TPSA) is 19.0 Å². The third-order valence-corrected chi connectivity index (χ3v) is 6.53. The molecule has 0 aliphatic carbocycles. The molecular weight excluding hydrogens is 370 g/mol. The van der Waals surface area contributed by atoms with E-state index in [0.717, 1.165) is 56.6 Å². The van der Waals surface area contributed by atoms with Gasteiger partial charge in [0.25, 0.3) is 0 Å². The van der Waals surface area contributed by atoms with Crippen LogP contribution in [0.3, 0.4) is 0 Å². The van der Waals surface area contributed by atoms with Gasteiger partial charge in [0.15, 0.2) is 0 Å². The molecule has 0 radical (unpaired) electrons. The Morgan fingerprint density at radius 1 is 0.893 bits per heavy atom. The van der Waals surface area contributed by atoms with Gasteiger partial charge in [-0.25, -0.2) is 0 Å². The Labute approximate surface area is 173 Å². The highest BCUT2D eigenvalue weighted by Gasteiger charge is 2.28. The van der Waals surface area contributed by atoms with Gasteiger partial charge < -0.3 is 9.64 Å². The molecule has 4 rings (SSSR count). The van der Waals surface area contributed by atoms with Gasteiger partial charge in [-0.2, -0.15) is 0 Å². The van der Waals surface area contributed by atoms with E-state index < -0.39 is 0 Å². The van der Waals surface area contributed by atoms with Crippen LogP contribution in [-0.4, -0.2) is 62.2 Å². The first-order valence-corrected chi connectivity index (χ1v) is 10.7. The average molecular weight is 400 g/mol. The number of piperazine rings is 1. The summed E-state index contributed by atoms with van der Waals surface area (Å²) < 4.78 is 5.54. The van der Waals surface area contributed by atoms with Gasteiger partial charge in [-0.05, 0) is 49.7 Å². The fraction of sp³-hybridized carbons (Fsp3) is 0.478. The molecule has 28 heavy (non-hydrogen) atoms. The third-order valence-electron chi connectivity index (χ3n) is 6.17. The van der Waals surface area contributed by atoms with Crippen LogP contribution in [0, 0.1) is 0 Å². The molecule has 2 aromatic carbocycles. The molecule has 0 atom stereocenters. The van der Waals surface area contributed by atoms with Gasteiger partial charge in [-0.15, -0.1) is 0 Å². The van der Waals surface area contributed by atoms with Crippen LogP contribution in [0.15, 0.2) is 48.5 Å². The van der Waals surface area contributed by atoms with Crippen LogP contribution in [0.1, 0.15) is 18.4 Å². The average Bonchev–Trinajstić information content (AvgIpc) is 2.76. The second-order valence-corrected chi connectivity index (χ2v) is 8.20. The van der Waals surface area contributed by atoms with Gasteiger partial charge in [-0.1, -0.05) is 41.9 Å². The number of ether oxygens (including phenoxy) is 1. The maximum atomic E-state index is 6.33. The summed E-state index contributed by atoms with van der Waals surface area (Å²) in [7, 11) is 1.76. The lowest BCUT2D eigenvalue weighted by Gasteiger charge is -2.43. The van der Waals surface area contributed by atoms with Crippen LogP contribution in [0.2, 0.25) is 5.02 Å². The number of methoxy groups -OCH3 is 1. The molecule has 0 N–H and O–H groups in total. The van der Waals surface area contributed by atoms with Gasteiger partial charge in [-0.3, -0.25) is 9.80 Å². The van der Waals surface area contributed by atoms with Gasteiger partial charge in [0.1, 0.15) is 5.75 Å². The zero-order valence-electron chi connectivity index (χ0n) is 16.7. The molecule has 2 heterocycles. The fourth-order valence-electron chi connectivity index (χ4n) is 4.53. The first-order valence-electron chi connectivity index (χ1n) is 10.3. The molecule has 4 nitrogen and oxygen atoms in total. The SMILES string of the molecule is COc1ccccc1N1CCN(C2CCN(Cc3ccccc3Cl)CC2)CC1. The molecule has 0 bridgehead atoms. The van der Waals surface area contributed by atoms with E-state index in [-0.39, 0.29) is 0 Å². The van der Waals surface area contributed by atoms with Crippen molar-refractivity contribution in [3.05, 3.63) is 59.1 Å². The van der Waals surface area contributed by atoms with Gasteiger partial charge in [0.05, 0.1) is 12.8 Å². The van der Waals surface area contributed by atoms with E-state index in [1.165, 1.54) is 24.1 Å². The number of likely N-dealkylation sites (tertiary alicyclic amines) is 1. The van der Waals surface area contributed by atoms with Crippen LogP contribution in [0.25, 0.3) is 0 Å². The lowest BCUT2D eigenvalue weighted by atomic mass is 10.0. The minimum Gasteiger partial charge on any atom is -0.495 e. The highest BCUT2D eigenvalue weighted by atomic mass is 35.5. The van der Waals surface area contributed by atoms with E-state index in [4.69, 9.17) is 16.3 Å². The molecule has 0 spiro atoms. The smallest absolute Gasteiger partial charge is 0.142 e. The first kappa shape index (κ1) is 19.6. The van der Waals surface area contributed by atoms with Crippen molar-refractivity contribution in [1.29, 1.82) is 0 Å². The maximum absolute atomic E-state index is 6.33. The van der Waals surface area contributed by atoms with Crippen LogP contribution in [-0.2, 0) is 6.54 Å². The number of anilines is 1. The Kier molecular flexibility index (Phi) is 6.40. The van der Waals surface area contributed by atoms with E-state index in [0.29, 0.717) is 6.04 Å². The van der Waals surface area contributed by atoms with Crippen LogP contribution >= 0.6 is 11.6 Å². The minimum absolute atomic E-state index is 0.710. The molecule has 0 amide bonds. The fourth-order valence-corrected chi connectivity index (χ4v) is 4.72. The summed E-state index contributed by atoms with van der Waals surface area (Å²) in [5.74, 6) is 0.976. The zero-order chi connectivity index (χ0) is 19.3. The zero-order valence-corrected chi connectivity index (χ0v) is 17.4. The van der Waals surface area contributed by atoms with Crippen molar-refractivity contribution in [1.82, 2.24) is 9.80 Å². The summed E-state index contributed by atoms with van der Waals surface area (Å²) in [6, 6.07) is 17.3. The summed E-state index contributed by atoms with van der Waals surface area (Å²) in [6.07, 6.45) is 2.50. The molecule has 2 aliphatic rings. The highest BCUT2D eigenvalue weighted by molar-refractivity contribution is 6.31. The van der Waals surface area contributed by atoms with E-state index in [9.17, 15) is 0 Å². The summed E-state index contributed by atoms with van der Waals surface area (Å²) in [5.41, 5.74) is 2.47. The van der Waals surface area contributed by atoms with Crippen molar-refractivity contribution < 1.29 is 4.74 Å². The predicted octanol–water partition coefficient (Wildman–Crippen LogP) is 4.14. The van der Waals surface area contributed by atoms with Crippen molar-refractivity contribution in [2.75, 3.05) is 51.3 Å². The Morgan fingerprint density at radius 3 is 2.29 bits per heavy atom. The number of hydrogen-bond donors (Lipinski definition) is 0. The summed E-state index contributed by atoms with van der Waals surface area (Å²) in [4.78, 5) is 7.70. The lowest BCUT2D eigenvalue weighted by Crippen LogP contribution is -2.53.